The minimum absolute atomic E-state index is 0.588. The molecule has 0 aromatic heterocycles. The fourth-order valence-electron chi connectivity index (χ4n) is 5.02. The lowest BCUT2D eigenvalue weighted by Gasteiger charge is -2.62. The summed E-state index contributed by atoms with van der Waals surface area (Å²) in [6.45, 7) is 10.5. The van der Waals surface area contributed by atoms with Crippen molar-refractivity contribution in [2.45, 2.75) is 46.1 Å². The number of hydrogen-bond acceptors (Lipinski definition) is 3. The van der Waals surface area contributed by atoms with Crippen LogP contribution in [0.25, 0.3) is 0 Å². The number of nitrogens with one attached hydrogen (secondary N) is 2. The van der Waals surface area contributed by atoms with Gasteiger partial charge in [-0.15, -0.1) is 0 Å². The van der Waals surface area contributed by atoms with Crippen LogP contribution in [0.2, 0.25) is 0 Å². The van der Waals surface area contributed by atoms with E-state index in [2.05, 4.69) is 43.5 Å². The van der Waals surface area contributed by atoms with E-state index in [-0.39, 0.29) is 0 Å². The first-order valence-corrected chi connectivity index (χ1v) is 9.60. The molecule has 2 unspecified atom stereocenters. The zero-order valence-corrected chi connectivity index (χ0v) is 15.8. The highest BCUT2D eigenvalue weighted by molar-refractivity contribution is 5.33. The molecule has 3 aliphatic carbocycles. The van der Waals surface area contributed by atoms with Gasteiger partial charge >= 0.3 is 0 Å². The standard InChI is InChI=1S/C21H34N2O/c1-15-18-13-17(21(18,2)3)14-19(15)23-12-11-22-10-9-16-7-5-6-8-20(16)24-4/h5-8,15,17-19,22-23H,9-14H2,1-4H3/t15?,17?,18-,19-/m1/s1. The fourth-order valence-corrected chi connectivity index (χ4v) is 5.02. The maximum absolute atomic E-state index is 5.41. The first-order chi connectivity index (χ1) is 11.5. The van der Waals surface area contributed by atoms with Gasteiger partial charge in [-0.25, -0.2) is 0 Å². The van der Waals surface area contributed by atoms with Gasteiger partial charge in [-0.1, -0.05) is 39.0 Å². The first kappa shape index (κ1) is 17.8. The summed E-state index contributed by atoms with van der Waals surface area (Å²) >= 11 is 0. The molecule has 3 nitrogen and oxygen atoms in total. The van der Waals surface area contributed by atoms with E-state index in [4.69, 9.17) is 4.74 Å². The molecular formula is C21H34N2O. The van der Waals surface area contributed by atoms with Gasteiger partial charge in [-0.05, 0) is 60.6 Å². The van der Waals surface area contributed by atoms with Gasteiger partial charge in [0.2, 0.25) is 0 Å². The van der Waals surface area contributed by atoms with Gasteiger partial charge < -0.3 is 15.4 Å². The summed E-state index contributed by atoms with van der Waals surface area (Å²) in [5.74, 6) is 3.68. The van der Waals surface area contributed by atoms with Crippen molar-refractivity contribution >= 4 is 0 Å². The molecule has 1 aromatic carbocycles. The van der Waals surface area contributed by atoms with Crippen LogP contribution in [0.4, 0.5) is 0 Å². The van der Waals surface area contributed by atoms with Gasteiger partial charge in [0.25, 0.3) is 0 Å². The molecule has 134 valence electrons. The predicted octanol–water partition coefficient (Wildman–Crippen LogP) is 3.49. The Morgan fingerprint density at radius 3 is 2.62 bits per heavy atom. The molecule has 2 bridgehead atoms. The molecular weight excluding hydrogens is 296 g/mol. The SMILES string of the molecule is COc1ccccc1CCNCCN[C@@H]1CC2C[C@H](C1C)C2(C)C. The summed E-state index contributed by atoms with van der Waals surface area (Å²) < 4.78 is 5.41. The van der Waals surface area contributed by atoms with Crippen LogP contribution < -0.4 is 15.4 Å². The normalized spacial score (nSPS) is 30.7. The van der Waals surface area contributed by atoms with Crippen molar-refractivity contribution in [2.24, 2.45) is 23.2 Å². The third kappa shape index (κ3) is 3.48. The largest absolute Gasteiger partial charge is 0.496 e. The van der Waals surface area contributed by atoms with Gasteiger partial charge in [0, 0.05) is 19.1 Å². The zero-order chi connectivity index (χ0) is 17.2. The van der Waals surface area contributed by atoms with Gasteiger partial charge in [0.1, 0.15) is 5.75 Å². The Kier molecular flexibility index (Phi) is 5.51. The Morgan fingerprint density at radius 2 is 1.92 bits per heavy atom. The second kappa shape index (κ2) is 7.45. The molecule has 3 aliphatic rings. The van der Waals surface area contributed by atoms with Crippen molar-refractivity contribution in [3.05, 3.63) is 29.8 Å². The van der Waals surface area contributed by atoms with Crippen LogP contribution in [-0.4, -0.2) is 32.8 Å². The molecule has 24 heavy (non-hydrogen) atoms. The average molecular weight is 331 g/mol. The molecule has 0 spiro atoms. The quantitative estimate of drug-likeness (QED) is 0.716. The Hall–Kier alpha value is -1.06. The van der Waals surface area contributed by atoms with E-state index in [0.29, 0.717) is 5.41 Å². The highest BCUT2D eigenvalue weighted by Crippen LogP contribution is 2.61. The van der Waals surface area contributed by atoms with Crippen molar-refractivity contribution in [2.75, 3.05) is 26.7 Å². The maximum atomic E-state index is 5.41. The molecule has 1 aromatic rings. The van der Waals surface area contributed by atoms with Crippen molar-refractivity contribution in [3.8, 4) is 5.75 Å². The number of hydrogen-bond donors (Lipinski definition) is 2. The lowest BCUT2D eigenvalue weighted by Crippen LogP contribution is -2.60. The molecule has 0 aliphatic heterocycles. The van der Waals surface area contributed by atoms with Crippen molar-refractivity contribution in [1.82, 2.24) is 10.6 Å². The van der Waals surface area contributed by atoms with Crippen LogP contribution in [0, 0.1) is 23.2 Å². The lowest BCUT2D eigenvalue weighted by atomic mass is 9.45. The van der Waals surface area contributed by atoms with E-state index in [1.807, 2.05) is 12.1 Å². The molecule has 2 N–H and O–H groups in total. The van der Waals surface area contributed by atoms with E-state index in [1.165, 1.54) is 18.4 Å². The second-order valence-electron chi connectivity index (χ2n) is 8.33. The molecule has 3 saturated carbocycles. The molecule has 0 amide bonds. The van der Waals surface area contributed by atoms with E-state index in [9.17, 15) is 0 Å². The van der Waals surface area contributed by atoms with E-state index in [0.717, 1.165) is 55.6 Å². The Bertz CT molecular complexity index is 542. The molecule has 3 heteroatoms. The summed E-state index contributed by atoms with van der Waals surface area (Å²) in [7, 11) is 1.74. The number of benzene rings is 1. The van der Waals surface area contributed by atoms with Gasteiger partial charge in [-0.2, -0.15) is 0 Å². The third-order valence-electron chi connectivity index (χ3n) is 6.83. The van der Waals surface area contributed by atoms with Crippen LogP contribution in [0.15, 0.2) is 24.3 Å². The first-order valence-electron chi connectivity index (χ1n) is 9.60. The van der Waals surface area contributed by atoms with Crippen molar-refractivity contribution in [1.29, 1.82) is 0 Å². The fraction of sp³-hybridized carbons (Fsp3) is 0.714. The number of rotatable bonds is 8. The van der Waals surface area contributed by atoms with Crippen LogP contribution in [0.5, 0.6) is 5.75 Å². The topological polar surface area (TPSA) is 33.3 Å². The van der Waals surface area contributed by atoms with Gasteiger partial charge in [-0.3, -0.25) is 0 Å². The van der Waals surface area contributed by atoms with Crippen LogP contribution in [0.3, 0.4) is 0 Å². The Labute approximate surface area is 147 Å². The van der Waals surface area contributed by atoms with Crippen molar-refractivity contribution in [3.63, 3.8) is 0 Å². The molecule has 3 fully saturated rings. The average Bonchev–Trinajstić information content (AvgIpc) is 2.58. The highest BCUT2D eigenvalue weighted by atomic mass is 16.5. The van der Waals surface area contributed by atoms with Crippen molar-refractivity contribution < 1.29 is 4.74 Å². The minimum atomic E-state index is 0.588. The second-order valence-corrected chi connectivity index (χ2v) is 8.33. The summed E-state index contributed by atoms with van der Waals surface area (Å²) in [5, 5.41) is 7.36. The summed E-state index contributed by atoms with van der Waals surface area (Å²) in [6, 6.07) is 9.01. The molecule has 0 radical (unpaired) electrons. The van der Waals surface area contributed by atoms with Crippen LogP contribution >= 0.6 is 0 Å². The van der Waals surface area contributed by atoms with E-state index < -0.39 is 0 Å². The summed E-state index contributed by atoms with van der Waals surface area (Å²) in [6.07, 6.45) is 3.84. The Balaban J connectivity index is 1.32. The summed E-state index contributed by atoms with van der Waals surface area (Å²) in [4.78, 5) is 0. The van der Waals surface area contributed by atoms with Gasteiger partial charge in [0.15, 0.2) is 0 Å². The molecule has 4 rings (SSSR count). The predicted molar refractivity (Wildman–Crippen MR) is 101 cm³/mol. The number of ether oxygens (including phenoxy) is 1. The van der Waals surface area contributed by atoms with E-state index >= 15 is 0 Å². The maximum Gasteiger partial charge on any atom is 0.122 e. The van der Waals surface area contributed by atoms with Gasteiger partial charge in [0.05, 0.1) is 7.11 Å². The van der Waals surface area contributed by atoms with E-state index in [1.54, 1.807) is 7.11 Å². The molecule has 4 atom stereocenters. The van der Waals surface area contributed by atoms with Crippen LogP contribution in [-0.2, 0) is 6.42 Å². The number of fused-ring (bicyclic) bond motifs is 2. The highest BCUT2D eigenvalue weighted by Gasteiger charge is 2.55. The van der Waals surface area contributed by atoms with Crippen LogP contribution in [0.1, 0.15) is 39.2 Å². The summed E-state index contributed by atoms with van der Waals surface area (Å²) in [5.41, 5.74) is 1.87. The monoisotopic (exact) mass is 330 g/mol. The zero-order valence-electron chi connectivity index (χ0n) is 15.8. The molecule has 0 saturated heterocycles. The number of methoxy groups -OCH3 is 1. The smallest absolute Gasteiger partial charge is 0.122 e. The minimum Gasteiger partial charge on any atom is -0.496 e. The number of para-hydroxylation sites is 1. The third-order valence-corrected chi connectivity index (χ3v) is 6.83. The molecule has 0 heterocycles. The lowest BCUT2D eigenvalue weighted by molar-refractivity contribution is -0.114. The Morgan fingerprint density at radius 1 is 1.12 bits per heavy atom.